The molecule has 0 bridgehead atoms. The third kappa shape index (κ3) is 5.00. The van der Waals surface area contributed by atoms with E-state index in [-0.39, 0.29) is 35.3 Å². The summed E-state index contributed by atoms with van der Waals surface area (Å²) in [7, 11) is 0. The first-order chi connectivity index (χ1) is 15.4. The van der Waals surface area contributed by atoms with Gasteiger partial charge in [-0.3, -0.25) is 14.4 Å². The van der Waals surface area contributed by atoms with Crippen molar-refractivity contribution in [3.63, 3.8) is 0 Å². The van der Waals surface area contributed by atoms with Gasteiger partial charge in [0.25, 0.3) is 5.91 Å². The van der Waals surface area contributed by atoms with Crippen LogP contribution in [0.2, 0.25) is 0 Å². The molecular weight excluding hydrogens is 408 g/mol. The zero-order valence-electron chi connectivity index (χ0n) is 18.5. The fourth-order valence-electron chi connectivity index (χ4n) is 4.66. The Morgan fingerprint density at radius 2 is 1.88 bits per heavy atom. The van der Waals surface area contributed by atoms with Crippen LogP contribution in [0.5, 0.6) is 0 Å². The summed E-state index contributed by atoms with van der Waals surface area (Å²) in [6.45, 7) is 4.26. The first kappa shape index (κ1) is 22.0. The molecule has 0 radical (unpaired) electrons. The van der Waals surface area contributed by atoms with Gasteiger partial charge in [0.05, 0.1) is 18.0 Å². The van der Waals surface area contributed by atoms with Crippen molar-refractivity contribution < 1.29 is 18.9 Å². The summed E-state index contributed by atoms with van der Waals surface area (Å²) in [6, 6.07) is 9.75. The van der Waals surface area contributed by atoms with Crippen molar-refractivity contribution in [2.45, 2.75) is 44.9 Å². The smallest absolute Gasteiger partial charge is 0.292 e. The molecule has 2 aliphatic rings. The Balaban J connectivity index is 1.31. The minimum Gasteiger partial charge on any atom is -0.369 e. The summed E-state index contributed by atoms with van der Waals surface area (Å²) in [5, 5.41) is 4.14. The fraction of sp³-hybridized carbons (Fsp3) is 0.500. The molecule has 8 heteroatoms. The third-order valence-electron chi connectivity index (χ3n) is 6.55. The quantitative estimate of drug-likeness (QED) is 0.770. The zero-order chi connectivity index (χ0) is 22.7. The largest absolute Gasteiger partial charge is 0.369 e. The van der Waals surface area contributed by atoms with E-state index in [4.69, 9.17) is 10.3 Å². The van der Waals surface area contributed by atoms with Crippen molar-refractivity contribution in [2.75, 3.05) is 26.2 Å². The van der Waals surface area contributed by atoms with E-state index in [1.807, 2.05) is 36.1 Å². The number of hydrogen-bond donors (Lipinski definition) is 1. The van der Waals surface area contributed by atoms with Gasteiger partial charge < -0.3 is 20.1 Å². The highest BCUT2D eigenvalue weighted by molar-refractivity contribution is 5.92. The van der Waals surface area contributed by atoms with Crippen LogP contribution >= 0.6 is 0 Å². The van der Waals surface area contributed by atoms with E-state index >= 15 is 0 Å². The average molecular weight is 439 g/mol. The van der Waals surface area contributed by atoms with Gasteiger partial charge in [-0.25, -0.2) is 0 Å². The van der Waals surface area contributed by atoms with Crippen LogP contribution < -0.4 is 5.73 Å². The molecule has 170 valence electrons. The Morgan fingerprint density at radius 3 is 2.59 bits per heavy atom. The van der Waals surface area contributed by atoms with E-state index in [1.165, 1.54) is 0 Å². The number of carbonyl (C=O) groups is 3. The molecule has 0 unspecified atom stereocenters. The molecule has 1 aromatic heterocycles. The molecular formula is C24H30N4O4. The van der Waals surface area contributed by atoms with Gasteiger partial charge in [0.2, 0.25) is 17.6 Å². The maximum absolute atomic E-state index is 12.8. The maximum Gasteiger partial charge on any atom is 0.292 e. The second kappa shape index (κ2) is 9.54. The highest BCUT2D eigenvalue weighted by Crippen LogP contribution is 2.29. The number of rotatable bonds is 5. The Hall–Kier alpha value is -3.16. The molecule has 0 spiro atoms. The van der Waals surface area contributed by atoms with Crippen molar-refractivity contribution in [1.82, 2.24) is 15.0 Å². The van der Waals surface area contributed by atoms with E-state index in [2.05, 4.69) is 5.16 Å². The molecule has 4 rings (SSSR count). The lowest BCUT2D eigenvalue weighted by Gasteiger charge is -2.31. The van der Waals surface area contributed by atoms with E-state index in [9.17, 15) is 14.4 Å². The number of piperidine rings is 2. The molecule has 2 N–H and O–H groups in total. The van der Waals surface area contributed by atoms with Crippen LogP contribution in [-0.4, -0.2) is 58.9 Å². The number of primary amides is 1. The fourth-order valence-corrected chi connectivity index (χ4v) is 4.66. The van der Waals surface area contributed by atoms with Crippen LogP contribution in [0.4, 0.5) is 0 Å². The number of benzene rings is 1. The lowest BCUT2D eigenvalue weighted by molar-refractivity contribution is -0.131. The summed E-state index contributed by atoms with van der Waals surface area (Å²) >= 11 is 0. The average Bonchev–Trinajstić information content (AvgIpc) is 3.29. The first-order valence-corrected chi connectivity index (χ1v) is 11.3. The molecule has 0 aliphatic carbocycles. The van der Waals surface area contributed by atoms with E-state index in [0.717, 1.165) is 36.1 Å². The van der Waals surface area contributed by atoms with Gasteiger partial charge in [-0.05, 0) is 38.2 Å². The Labute approximate surface area is 187 Å². The highest BCUT2D eigenvalue weighted by Gasteiger charge is 2.31. The van der Waals surface area contributed by atoms with Gasteiger partial charge in [0.15, 0.2) is 0 Å². The van der Waals surface area contributed by atoms with Gasteiger partial charge in [-0.1, -0.05) is 35.0 Å². The summed E-state index contributed by atoms with van der Waals surface area (Å²) in [6.07, 6.45) is 3.44. The van der Waals surface area contributed by atoms with Crippen LogP contribution in [0.1, 0.15) is 59.0 Å². The van der Waals surface area contributed by atoms with Crippen molar-refractivity contribution in [3.05, 3.63) is 52.9 Å². The molecule has 3 heterocycles. The van der Waals surface area contributed by atoms with E-state index < -0.39 is 0 Å². The molecule has 2 saturated heterocycles. The number of nitrogens with two attached hydrogens (primary N) is 1. The molecule has 0 saturated carbocycles. The molecule has 1 aromatic carbocycles. The van der Waals surface area contributed by atoms with Crippen molar-refractivity contribution >= 4 is 17.7 Å². The van der Waals surface area contributed by atoms with E-state index in [1.54, 1.807) is 11.0 Å². The van der Waals surface area contributed by atoms with Crippen LogP contribution in [0.25, 0.3) is 0 Å². The zero-order valence-corrected chi connectivity index (χ0v) is 18.5. The van der Waals surface area contributed by atoms with Crippen molar-refractivity contribution in [2.24, 2.45) is 11.7 Å². The molecule has 1 atom stereocenters. The van der Waals surface area contributed by atoms with Gasteiger partial charge in [-0.2, -0.15) is 0 Å². The number of hydrogen-bond acceptors (Lipinski definition) is 5. The SMILES string of the molecule is Cc1cccc(CC(=O)N2CCC(c3cc(C(=O)N4CCC[C@H](C(N)=O)C4)on3)CC2)c1. The lowest BCUT2D eigenvalue weighted by atomic mass is 9.93. The van der Waals surface area contributed by atoms with Gasteiger partial charge in [0.1, 0.15) is 0 Å². The van der Waals surface area contributed by atoms with Crippen LogP contribution in [-0.2, 0) is 16.0 Å². The number of aryl methyl sites for hydroxylation is 1. The lowest BCUT2D eigenvalue weighted by Crippen LogP contribution is -2.44. The normalized spacial score (nSPS) is 19.7. The van der Waals surface area contributed by atoms with Gasteiger partial charge in [0, 0.05) is 38.2 Å². The molecule has 3 amide bonds. The van der Waals surface area contributed by atoms with E-state index in [0.29, 0.717) is 39.0 Å². The summed E-state index contributed by atoms with van der Waals surface area (Å²) in [5.74, 6) is -0.438. The molecule has 2 aromatic rings. The molecule has 8 nitrogen and oxygen atoms in total. The number of aromatic nitrogens is 1. The second-order valence-electron chi connectivity index (χ2n) is 8.93. The van der Waals surface area contributed by atoms with Crippen molar-refractivity contribution in [1.29, 1.82) is 0 Å². The van der Waals surface area contributed by atoms with Crippen LogP contribution in [0.3, 0.4) is 0 Å². The maximum atomic E-state index is 12.8. The number of nitrogens with zero attached hydrogens (tertiary/aromatic N) is 3. The minimum atomic E-state index is -0.371. The molecule has 2 aliphatic heterocycles. The van der Waals surface area contributed by atoms with Crippen molar-refractivity contribution in [3.8, 4) is 0 Å². The Morgan fingerprint density at radius 1 is 1.09 bits per heavy atom. The monoisotopic (exact) mass is 438 g/mol. The highest BCUT2D eigenvalue weighted by atomic mass is 16.5. The Bertz CT molecular complexity index is 993. The standard InChI is InChI=1S/C24H30N4O4/c1-16-4-2-5-17(12-16)13-22(29)27-10-7-18(8-11-27)20-14-21(32-26-20)24(31)28-9-3-6-19(15-28)23(25)30/h2,4-5,12,14,18-19H,3,6-11,13,15H2,1H3,(H2,25,30)/t19-/m0/s1. The second-order valence-corrected chi connectivity index (χ2v) is 8.93. The molecule has 2 fully saturated rings. The number of amides is 3. The number of likely N-dealkylation sites (tertiary alicyclic amines) is 2. The number of carbonyl (C=O) groups excluding carboxylic acids is 3. The predicted octanol–water partition coefficient (Wildman–Crippen LogP) is 2.27. The minimum absolute atomic E-state index is 0.138. The Kier molecular flexibility index (Phi) is 6.58. The predicted molar refractivity (Wildman–Crippen MR) is 118 cm³/mol. The summed E-state index contributed by atoms with van der Waals surface area (Å²) < 4.78 is 5.36. The summed E-state index contributed by atoms with van der Waals surface area (Å²) in [4.78, 5) is 40.5. The van der Waals surface area contributed by atoms with Gasteiger partial charge >= 0.3 is 0 Å². The first-order valence-electron chi connectivity index (χ1n) is 11.3. The molecule has 32 heavy (non-hydrogen) atoms. The van der Waals surface area contributed by atoms with Gasteiger partial charge in [-0.15, -0.1) is 0 Å². The van der Waals surface area contributed by atoms with Crippen LogP contribution in [0, 0.1) is 12.8 Å². The topological polar surface area (TPSA) is 110 Å². The summed E-state index contributed by atoms with van der Waals surface area (Å²) in [5.41, 5.74) is 8.35. The van der Waals surface area contributed by atoms with Crippen LogP contribution in [0.15, 0.2) is 34.9 Å². The third-order valence-corrected chi connectivity index (χ3v) is 6.55.